The molecule has 1 rings (SSSR count). The van der Waals surface area contributed by atoms with E-state index < -0.39 is 0 Å². The molecule has 0 spiro atoms. The molecule has 0 saturated carbocycles. The Morgan fingerprint density at radius 3 is 2.36 bits per heavy atom. The number of benzene rings is 1. The number of halogens is 1. The van der Waals surface area contributed by atoms with Gasteiger partial charge in [0.1, 0.15) is 5.82 Å². The fourth-order valence-corrected chi connectivity index (χ4v) is 1.05. The van der Waals surface area contributed by atoms with Gasteiger partial charge in [0.2, 0.25) is 0 Å². The molecule has 0 bridgehead atoms. The van der Waals surface area contributed by atoms with Crippen LogP contribution in [0.15, 0.2) is 12.1 Å². The summed E-state index contributed by atoms with van der Waals surface area (Å²) in [5, 5.41) is 3.00. The van der Waals surface area contributed by atoms with E-state index in [-0.39, 0.29) is 5.82 Å². The molecule has 0 radical (unpaired) electrons. The summed E-state index contributed by atoms with van der Waals surface area (Å²) in [4.78, 5) is 0. The zero-order valence-corrected chi connectivity index (χ0v) is 7.03. The van der Waals surface area contributed by atoms with E-state index in [4.69, 9.17) is 0 Å². The van der Waals surface area contributed by atoms with Crippen LogP contribution in [0, 0.1) is 19.7 Å². The summed E-state index contributed by atoms with van der Waals surface area (Å²) in [7, 11) is 1.83. The van der Waals surface area contributed by atoms with Crippen molar-refractivity contribution in [3.63, 3.8) is 0 Å². The highest BCUT2D eigenvalue weighted by molar-refractivity contribution is 5.52. The molecule has 0 saturated heterocycles. The molecular weight excluding hydrogens is 141 g/mol. The van der Waals surface area contributed by atoms with E-state index in [2.05, 4.69) is 5.32 Å². The number of rotatable bonds is 1. The Labute approximate surface area is 66.2 Å². The first-order chi connectivity index (χ1) is 5.15. The molecule has 0 unspecified atom stereocenters. The van der Waals surface area contributed by atoms with Gasteiger partial charge in [-0.2, -0.15) is 0 Å². The molecule has 1 aromatic rings. The van der Waals surface area contributed by atoms with Crippen molar-refractivity contribution in [2.45, 2.75) is 13.8 Å². The van der Waals surface area contributed by atoms with Crippen LogP contribution in [0.4, 0.5) is 10.1 Å². The lowest BCUT2D eigenvalue weighted by molar-refractivity contribution is 0.617. The van der Waals surface area contributed by atoms with Crippen LogP contribution in [0.5, 0.6) is 0 Å². The summed E-state index contributed by atoms with van der Waals surface area (Å²) in [5.41, 5.74) is 2.61. The van der Waals surface area contributed by atoms with Gasteiger partial charge in [-0.1, -0.05) is 0 Å². The monoisotopic (exact) mass is 153 g/mol. The van der Waals surface area contributed by atoms with Crippen LogP contribution in [-0.2, 0) is 0 Å². The predicted octanol–water partition coefficient (Wildman–Crippen LogP) is 2.48. The molecule has 0 fully saturated rings. The van der Waals surface area contributed by atoms with Crippen LogP contribution >= 0.6 is 0 Å². The SMILES string of the molecule is CNc1cc(C)c(F)cc1C. The third kappa shape index (κ3) is 1.50. The maximum atomic E-state index is 12.9. The van der Waals surface area contributed by atoms with Crippen LogP contribution in [0.1, 0.15) is 11.1 Å². The lowest BCUT2D eigenvalue weighted by atomic mass is 10.1. The van der Waals surface area contributed by atoms with Crippen molar-refractivity contribution >= 4 is 5.69 Å². The molecule has 0 atom stereocenters. The molecule has 11 heavy (non-hydrogen) atoms. The number of anilines is 1. The van der Waals surface area contributed by atoms with Crippen molar-refractivity contribution in [3.8, 4) is 0 Å². The van der Waals surface area contributed by atoms with E-state index in [0.717, 1.165) is 11.3 Å². The fraction of sp³-hybridized carbons (Fsp3) is 0.333. The van der Waals surface area contributed by atoms with Gasteiger partial charge in [-0.05, 0) is 37.1 Å². The lowest BCUT2D eigenvalue weighted by Crippen LogP contribution is -1.94. The average Bonchev–Trinajstić information content (AvgIpc) is 1.97. The minimum atomic E-state index is -0.137. The third-order valence-electron chi connectivity index (χ3n) is 1.77. The summed E-state index contributed by atoms with van der Waals surface area (Å²) >= 11 is 0. The Morgan fingerprint density at radius 1 is 1.18 bits per heavy atom. The zero-order chi connectivity index (χ0) is 8.43. The highest BCUT2D eigenvalue weighted by Gasteiger charge is 2.01. The first-order valence-electron chi connectivity index (χ1n) is 3.59. The van der Waals surface area contributed by atoms with Crippen LogP contribution < -0.4 is 5.32 Å². The van der Waals surface area contributed by atoms with E-state index >= 15 is 0 Å². The zero-order valence-electron chi connectivity index (χ0n) is 7.03. The van der Waals surface area contributed by atoms with Crippen LogP contribution in [0.25, 0.3) is 0 Å². The first-order valence-corrected chi connectivity index (χ1v) is 3.59. The van der Waals surface area contributed by atoms with Gasteiger partial charge < -0.3 is 5.32 Å². The van der Waals surface area contributed by atoms with Gasteiger partial charge in [-0.3, -0.25) is 0 Å². The molecule has 2 heteroatoms. The summed E-state index contributed by atoms with van der Waals surface area (Å²) in [6, 6.07) is 3.35. The normalized spacial score (nSPS) is 9.82. The molecule has 0 aliphatic heterocycles. The van der Waals surface area contributed by atoms with Crippen molar-refractivity contribution < 1.29 is 4.39 Å². The average molecular weight is 153 g/mol. The van der Waals surface area contributed by atoms with Crippen molar-refractivity contribution in [1.29, 1.82) is 0 Å². The van der Waals surface area contributed by atoms with Crippen molar-refractivity contribution in [3.05, 3.63) is 29.1 Å². The summed E-state index contributed by atoms with van der Waals surface area (Å²) in [6.07, 6.45) is 0. The van der Waals surface area contributed by atoms with Gasteiger partial charge in [0.05, 0.1) is 0 Å². The Kier molecular flexibility index (Phi) is 2.13. The third-order valence-corrected chi connectivity index (χ3v) is 1.77. The minimum absolute atomic E-state index is 0.137. The van der Waals surface area contributed by atoms with Crippen LogP contribution in [0.2, 0.25) is 0 Å². The molecule has 60 valence electrons. The Hall–Kier alpha value is -1.05. The van der Waals surface area contributed by atoms with Gasteiger partial charge in [-0.25, -0.2) is 4.39 Å². The molecule has 1 nitrogen and oxygen atoms in total. The molecular formula is C9H12FN. The second-order valence-electron chi connectivity index (χ2n) is 2.67. The van der Waals surface area contributed by atoms with Gasteiger partial charge >= 0.3 is 0 Å². The molecule has 0 aliphatic carbocycles. The molecule has 0 aliphatic rings. The van der Waals surface area contributed by atoms with E-state index in [1.165, 1.54) is 0 Å². The van der Waals surface area contributed by atoms with Crippen molar-refractivity contribution in [2.75, 3.05) is 12.4 Å². The molecule has 0 amide bonds. The van der Waals surface area contributed by atoms with E-state index in [9.17, 15) is 4.39 Å². The topological polar surface area (TPSA) is 12.0 Å². The fourth-order valence-electron chi connectivity index (χ4n) is 1.05. The summed E-state index contributed by atoms with van der Waals surface area (Å²) < 4.78 is 12.9. The highest BCUT2D eigenvalue weighted by atomic mass is 19.1. The number of nitrogens with one attached hydrogen (secondary N) is 1. The maximum absolute atomic E-state index is 12.9. The maximum Gasteiger partial charge on any atom is 0.126 e. The summed E-state index contributed by atoms with van der Waals surface area (Å²) in [6.45, 7) is 3.64. The Balaban J connectivity index is 3.21. The molecule has 1 aromatic carbocycles. The van der Waals surface area contributed by atoms with Crippen molar-refractivity contribution in [2.24, 2.45) is 0 Å². The van der Waals surface area contributed by atoms with E-state index in [1.54, 1.807) is 13.0 Å². The van der Waals surface area contributed by atoms with Gasteiger partial charge in [0.15, 0.2) is 0 Å². The molecule has 0 aromatic heterocycles. The van der Waals surface area contributed by atoms with Crippen molar-refractivity contribution in [1.82, 2.24) is 0 Å². The molecule has 1 N–H and O–H groups in total. The largest absolute Gasteiger partial charge is 0.388 e. The smallest absolute Gasteiger partial charge is 0.126 e. The van der Waals surface area contributed by atoms with E-state index in [0.29, 0.717) is 5.56 Å². The summed E-state index contributed by atoms with van der Waals surface area (Å²) in [5.74, 6) is -0.137. The van der Waals surface area contributed by atoms with Crippen LogP contribution in [0.3, 0.4) is 0 Å². The highest BCUT2D eigenvalue weighted by Crippen LogP contribution is 2.18. The first kappa shape index (κ1) is 8.05. The second kappa shape index (κ2) is 2.91. The van der Waals surface area contributed by atoms with Gasteiger partial charge in [0.25, 0.3) is 0 Å². The van der Waals surface area contributed by atoms with E-state index in [1.807, 2.05) is 20.0 Å². The Morgan fingerprint density at radius 2 is 1.82 bits per heavy atom. The van der Waals surface area contributed by atoms with Gasteiger partial charge in [0, 0.05) is 12.7 Å². The standard InChI is InChI=1S/C9H12FN/c1-6-5-9(11-3)7(2)4-8(6)10/h4-5,11H,1-3H3. The minimum Gasteiger partial charge on any atom is -0.388 e. The number of hydrogen-bond acceptors (Lipinski definition) is 1. The number of aryl methyl sites for hydroxylation is 2. The predicted molar refractivity (Wildman–Crippen MR) is 45.4 cm³/mol. The second-order valence-corrected chi connectivity index (χ2v) is 2.67. The quantitative estimate of drug-likeness (QED) is 0.653. The Bertz CT molecular complexity index is 269. The van der Waals surface area contributed by atoms with Crippen LogP contribution in [-0.4, -0.2) is 7.05 Å². The number of hydrogen-bond donors (Lipinski definition) is 1. The lowest BCUT2D eigenvalue weighted by Gasteiger charge is -2.06. The van der Waals surface area contributed by atoms with Gasteiger partial charge in [-0.15, -0.1) is 0 Å². The molecule has 0 heterocycles.